The van der Waals surface area contributed by atoms with E-state index in [1.54, 1.807) is 14.0 Å². The number of nitro benzene ring substituents is 1. The number of nitrogens with two attached hydrogens (primary N) is 1. The van der Waals surface area contributed by atoms with Gasteiger partial charge in [-0.2, -0.15) is 5.26 Å². The molecule has 1 aromatic heterocycles. The van der Waals surface area contributed by atoms with E-state index in [1.807, 2.05) is 0 Å². The van der Waals surface area contributed by atoms with Crippen molar-refractivity contribution in [3.63, 3.8) is 0 Å². The second kappa shape index (κ2) is 12.0. The number of carbonyl (C=O) groups excluding carboxylic acids is 1. The Balaban J connectivity index is 2.05. The number of amides is 1. The molecule has 1 aromatic carbocycles. The number of hydrogen-bond acceptors (Lipinski definition) is 12. The Hall–Kier alpha value is -4.04. The predicted molar refractivity (Wildman–Crippen MR) is 137 cm³/mol. The monoisotopic (exact) mass is 549 g/mol. The first-order valence-corrected chi connectivity index (χ1v) is 13.0. The first-order chi connectivity index (χ1) is 18.1. The maximum absolute atomic E-state index is 12.8. The molecule has 38 heavy (non-hydrogen) atoms. The number of nitrogen functional groups attached to an aromatic ring is 1. The number of nitrogens with zero attached hydrogens (tertiary/aromatic N) is 4. The summed E-state index contributed by atoms with van der Waals surface area (Å²) in [5.41, 5.74) is 4.48. The summed E-state index contributed by atoms with van der Waals surface area (Å²) >= 11 is 0. The van der Waals surface area contributed by atoms with Crippen LogP contribution in [-0.4, -0.2) is 75.6 Å². The first kappa shape index (κ1) is 28.5. The third kappa shape index (κ3) is 5.45. The van der Waals surface area contributed by atoms with Crippen molar-refractivity contribution >= 4 is 44.6 Å². The molecule has 15 nitrogen and oxygen atoms in total. The third-order valence-electron chi connectivity index (χ3n) is 5.78. The summed E-state index contributed by atoms with van der Waals surface area (Å²) in [4.78, 5) is 27.8. The highest BCUT2D eigenvalue weighted by molar-refractivity contribution is 7.90. The van der Waals surface area contributed by atoms with Crippen LogP contribution in [0.2, 0.25) is 0 Å². The smallest absolute Gasteiger partial charge is 0.298 e. The van der Waals surface area contributed by atoms with Gasteiger partial charge in [-0.15, -0.1) is 0 Å². The van der Waals surface area contributed by atoms with Crippen molar-refractivity contribution in [3.05, 3.63) is 38.9 Å². The maximum Gasteiger partial charge on any atom is 0.298 e. The highest BCUT2D eigenvalue weighted by atomic mass is 32.2. The number of fused-ring (bicyclic) bond motifs is 1. The summed E-state index contributed by atoms with van der Waals surface area (Å²) in [6.45, 7) is 4.60. The van der Waals surface area contributed by atoms with E-state index in [9.17, 15) is 28.6 Å². The largest absolute Gasteiger partial charge is 0.383 e. The SMILES string of the molecule is CCN1C(=O)c2cc([N+](=O)[O-])c(N[NH2+]c3c(NCCOC)nc(NCCOC)c(C#N)c3C)cc2S1(=O)=O. The number of sulfonamides is 1. The number of rotatable bonds is 13. The molecule has 0 fully saturated rings. The van der Waals surface area contributed by atoms with Crippen molar-refractivity contribution in [3.8, 4) is 6.07 Å². The zero-order valence-electron chi connectivity index (χ0n) is 21.3. The van der Waals surface area contributed by atoms with Gasteiger partial charge in [0.25, 0.3) is 21.6 Å². The number of benzene rings is 1. The molecule has 204 valence electrons. The number of nitrogens with one attached hydrogen (secondary N) is 3. The number of hydrogen-bond donors (Lipinski definition) is 4. The second-order valence-corrected chi connectivity index (χ2v) is 9.89. The minimum Gasteiger partial charge on any atom is -0.383 e. The zero-order chi connectivity index (χ0) is 28.0. The highest BCUT2D eigenvalue weighted by Crippen LogP contribution is 2.37. The van der Waals surface area contributed by atoms with Gasteiger partial charge >= 0.3 is 0 Å². The topological polar surface area (TPSA) is 205 Å². The summed E-state index contributed by atoms with van der Waals surface area (Å²) in [6, 6.07) is 4.14. The molecule has 0 saturated heterocycles. The molecule has 1 amide bonds. The number of carbonyl (C=O) groups is 1. The normalized spacial score (nSPS) is 13.7. The molecular weight excluding hydrogens is 520 g/mol. The molecule has 1 aliphatic rings. The van der Waals surface area contributed by atoms with Gasteiger partial charge in [-0.25, -0.2) is 28.6 Å². The number of nitriles is 1. The molecule has 0 saturated carbocycles. The van der Waals surface area contributed by atoms with Crippen LogP contribution >= 0.6 is 0 Å². The standard InChI is InChI=1S/C22H28N8O7S/c1-5-29-22(31)14-10-17(30(32)33)16(11-18(14)38(29,34)35)27-28-19-13(2)15(12-23)20(24-6-8-36-3)26-21(19)25-7-9-37-4/h10-11,27-28H,5-9H2,1-4H3,(H2,24,25,26)/p+1. The number of methoxy groups -OCH3 is 2. The molecule has 2 aromatic rings. The lowest BCUT2D eigenvalue weighted by Crippen LogP contribution is -2.83. The predicted octanol–water partition coefficient (Wildman–Crippen LogP) is 0.673. The van der Waals surface area contributed by atoms with Crippen molar-refractivity contribution in [1.82, 2.24) is 9.29 Å². The molecule has 16 heteroatoms. The fraction of sp³-hybridized carbons (Fsp3) is 0.409. The lowest BCUT2D eigenvalue weighted by Gasteiger charge is -2.16. The van der Waals surface area contributed by atoms with Gasteiger partial charge in [-0.05, 0) is 19.9 Å². The molecule has 0 aliphatic carbocycles. The van der Waals surface area contributed by atoms with Crippen molar-refractivity contribution < 1.29 is 33.0 Å². The number of quaternary nitrogens is 1. The van der Waals surface area contributed by atoms with E-state index in [-0.39, 0.29) is 28.3 Å². The van der Waals surface area contributed by atoms with Gasteiger partial charge in [-0.1, -0.05) is 0 Å². The summed E-state index contributed by atoms with van der Waals surface area (Å²) < 4.78 is 36.5. The minimum absolute atomic E-state index is 0.110. The van der Waals surface area contributed by atoms with E-state index in [1.165, 1.54) is 19.5 Å². The minimum atomic E-state index is -4.15. The van der Waals surface area contributed by atoms with Crippen LogP contribution in [0, 0.1) is 28.4 Å². The Labute approximate surface area is 219 Å². The lowest BCUT2D eigenvalue weighted by atomic mass is 10.1. The van der Waals surface area contributed by atoms with Crippen LogP contribution in [0.5, 0.6) is 0 Å². The van der Waals surface area contributed by atoms with Crippen LogP contribution in [0.25, 0.3) is 0 Å². The molecule has 1 aliphatic heterocycles. The van der Waals surface area contributed by atoms with Crippen molar-refractivity contribution in [2.75, 3.05) is 63.1 Å². The highest BCUT2D eigenvalue weighted by Gasteiger charge is 2.42. The summed E-state index contributed by atoms with van der Waals surface area (Å²) in [5, 5.41) is 27.8. The van der Waals surface area contributed by atoms with Crippen LogP contribution in [0.4, 0.5) is 28.7 Å². The van der Waals surface area contributed by atoms with E-state index in [0.717, 1.165) is 12.1 Å². The fourth-order valence-electron chi connectivity index (χ4n) is 3.88. The number of pyridine rings is 1. The maximum atomic E-state index is 12.8. The second-order valence-electron chi connectivity index (χ2n) is 8.06. The van der Waals surface area contributed by atoms with Gasteiger partial charge in [0.15, 0.2) is 11.5 Å². The molecule has 0 atom stereocenters. The van der Waals surface area contributed by atoms with Gasteiger partial charge in [0.2, 0.25) is 5.69 Å². The van der Waals surface area contributed by atoms with Crippen LogP contribution in [0.3, 0.4) is 0 Å². The van der Waals surface area contributed by atoms with Gasteiger partial charge in [-0.3, -0.25) is 14.9 Å². The van der Waals surface area contributed by atoms with Crippen LogP contribution in [0.15, 0.2) is 17.0 Å². The van der Waals surface area contributed by atoms with Crippen LogP contribution < -0.4 is 21.5 Å². The summed E-state index contributed by atoms with van der Waals surface area (Å²) in [6.07, 6.45) is 0. The van der Waals surface area contributed by atoms with Gasteiger partial charge in [0.1, 0.15) is 22.3 Å². The lowest BCUT2D eigenvalue weighted by molar-refractivity contribution is -0.538. The van der Waals surface area contributed by atoms with E-state index >= 15 is 0 Å². The Morgan fingerprint density at radius 2 is 1.82 bits per heavy atom. The molecule has 0 unspecified atom stereocenters. The molecule has 2 heterocycles. The molecule has 0 radical (unpaired) electrons. The van der Waals surface area contributed by atoms with Gasteiger partial charge < -0.3 is 20.1 Å². The number of anilines is 3. The molecular formula is C22H29N8O7S+. The van der Waals surface area contributed by atoms with E-state index in [2.05, 4.69) is 27.1 Å². The molecule has 0 bridgehead atoms. The number of nitro groups is 1. The number of aromatic nitrogens is 1. The van der Waals surface area contributed by atoms with E-state index < -0.39 is 26.5 Å². The average Bonchev–Trinajstić information content (AvgIpc) is 3.07. The Morgan fingerprint density at radius 3 is 2.37 bits per heavy atom. The first-order valence-electron chi connectivity index (χ1n) is 11.5. The fourth-order valence-corrected chi connectivity index (χ4v) is 5.46. The van der Waals surface area contributed by atoms with Crippen molar-refractivity contribution in [2.24, 2.45) is 0 Å². The third-order valence-corrected chi connectivity index (χ3v) is 7.68. The van der Waals surface area contributed by atoms with Gasteiger partial charge in [0.05, 0.1) is 23.7 Å². The average molecular weight is 550 g/mol. The van der Waals surface area contributed by atoms with Gasteiger partial charge in [0, 0.05) is 45.5 Å². The van der Waals surface area contributed by atoms with E-state index in [0.29, 0.717) is 53.5 Å². The van der Waals surface area contributed by atoms with Crippen LogP contribution in [0.1, 0.15) is 28.4 Å². The van der Waals surface area contributed by atoms with Crippen molar-refractivity contribution in [1.29, 1.82) is 5.26 Å². The quantitative estimate of drug-likeness (QED) is 0.118. The Morgan fingerprint density at radius 1 is 1.18 bits per heavy atom. The Bertz CT molecular complexity index is 1390. The molecule has 5 N–H and O–H groups in total. The zero-order valence-corrected chi connectivity index (χ0v) is 22.1. The van der Waals surface area contributed by atoms with Crippen LogP contribution in [-0.2, 0) is 19.5 Å². The molecule has 3 rings (SSSR count). The summed E-state index contributed by atoms with van der Waals surface area (Å²) in [5.74, 6) is -0.136. The van der Waals surface area contributed by atoms with E-state index in [4.69, 9.17) is 9.47 Å². The Kier molecular flexibility index (Phi) is 9.01. The van der Waals surface area contributed by atoms with Crippen molar-refractivity contribution in [2.45, 2.75) is 18.7 Å². The number of ether oxygens (including phenoxy) is 2. The summed E-state index contributed by atoms with van der Waals surface area (Å²) in [7, 11) is -1.06. The molecule has 0 spiro atoms.